The van der Waals surface area contributed by atoms with Crippen molar-refractivity contribution in [3.63, 3.8) is 0 Å². The van der Waals surface area contributed by atoms with Crippen LogP contribution in [-0.4, -0.2) is 69.6 Å². The van der Waals surface area contributed by atoms with Crippen molar-refractivity contribution in [1.82, 2.24) is 14.5 Å². The number of amides is 1. The van der Waals surface area contributed by atoms with E-state index in [2.05, 4.69) is 5.32 Å². The molecule has 1 N–H and O–H groups in total. The molecule has 1 heterocycles. The highest BCUT2D eigenvalue weighted by Crippen LogP contribution is 2.20. The molecular weight excluding hydrogens is 278 g/mol. The third-order valence-electron chi connectivity index (χ3n) is 3.47. The van der Waals surface area contributed by atoms with Gasteiger partial charge in [-0.25, -0.2) is 12.7 Å². The largest absolute Gasteiger partial charge is 0.355 e. The maximum atomic E-state index is 12.1. The second-order valence-corrected chi connectivity index (χ2v) is 7.70. The van der Waals surface area contributed by atoms with Crippen molar-refractivity contribution in [2.24, 2.45) is 5.92 Å². The summed E-state index contributed by atoms with van der Waals surface area (Å²) in [6.45, 7) is 4.12. The van der Waals surface area contributed by atoms with Crippen LogP contribution < -0.4 is 5.32 Å². The van der Waals surface area contributed by atoms with E-state index in [-0.39, 0.29) is 17.6 Å². The van der Waals surface area contributed by atoms with Crippen molar-refractivity contribution in [3.8, 4) is 0 Å². The molecule has 1 aliphatic heterocycles. The van der Waals surface area contributed by atoms with E-state index in [0.717, 1.165) is 19.4 Å². The first-order chi connectivity index (χ1) is 9.36. The molecule has 0 aromatic rings. The normalized spacial score (nSPS) is 21.1. The fraction of sp³-hybridized carbons (Fsp3) is 0.923. The Balaban J connectivity index is 2.50. The third-order valence-corrected chi connectivity index (χ3v) is 5.51. The Kier molecular flexibility index (Phi) is 6.91. The van der Waals surface area contributed by atoms with Gasteiger partial charge < -0.3 is 10.2 Å². The van der Waals surface area contributed by atoms with Crippen LogP contribution in [0.25, 0.3) is 0 Å². The van der Waals surface area contributed by atoms with E-state index in [1.165, 1.54) is 4.31 Å². The zero-order valence-corrected chi connectivity index (χ0v) is 13.6. The Hall–Kier alpha value is -0.660. The predicted octanol–water partition coefficient (Wildman–Crippen LogP) is 0.116. The van der Waals surface area contributed by atoms with Crippen molar-refractivity contribution in [1.29, 1.82) is 0 Å². The van der Waals surface area contributed by atoms with Crippen molar-refractivity contribution in [2.45, 2.75) is 26.2 Å². The van der Waals surface area contributed by atoms with Gasteiger partial charge in [0.25, 0.3) is 0 Å². The standard InChI is InChI=1S/C13H27N3O3S/c1-4-10-20(18,19)16-8-5-6-12(11-16)13(17)14-7-9-15(2)3/h12H,4-11H2,1-3H3,(H,14,17). The number of sulfonamides is 1. The van der Waals surface area contributed by atoms with Crippen LogP contribution in [0.15, 0.2) is 0 Å². The van der Waals surface area contributed by atoms with Crippen LogP contribution in [0.2, 0.25) is 0 Å². The van der Waals surface area contributed by atoms with Crippen LogP contribution in [0.3, 0.4) is 0 Å². The number of nitrogens with one attached hydrogen (secondary N) is 1. The summed E-state index contributed by atoms with van der Waals surface area (Å²) in [6, 6.07) is 0. The van der Waals surface area contributed by atoms with Crippen LogP contribution in [-0.2, 0) is 14.8 Å². The molecule has 1 saturated heterocycles. The lowest BCUT2D eigenvalue weighted by Gasteiger charge is -2.31. The molecular formula is C13H27N3O3S. The summed E-state index contributed by atoms with van der Waals surface area (Å²) in [5, 5.41) is 2.89. The molecule has 0 spiro atoms. The van der Waals surface area contributed by atoms with Gasteiger partial charge >= 0.3 is 0 Å². The molecule has 7 heteroatoms. The van der Waals surface area contributed by atoms with Gasteiger partial charge in [0.15, 0.2) is 0 Å². The lowest BCUT2D eigenvalue weighted by atomic mass is 9.99. The Labute approximate surface area is 122 Å². The molecule has 0 saturated carbocycles. The molecule has 1 amide bonds. The Bertz CT molecular complexity index is 409. The van der Waals surface area contributed by atoms with E-state index in [9.17, 15) is 13.2 Å². The van der Waals surface area contributed by atoms with Crippen LogP contribution in [0, 0.1) is 5.92 Å². The highest BCUT2D eigenvalue weighted by molar-refractivity contribution is 7.89. The van der Waals surface area contributed by atoms with Crippen LogP contribution in [0.4, 0.5) is 0 Å². The maximum Gasteiger partial charge on any atom is 0.224 e. The number of hydrogen-bond acceptors (Lipinski definition) is 4. The molecule has 118 valence electrons. The minimum absolute atomic E-state index is 0.0248. The minimum atomic E-state index is -3.19. The molecule has 1 fully saturated rings. The van der Waals surface area contributed by atoms with Gasteiger partial charge in [-0.15, -0.1) is 0 Å². The van der Waals surface area contributed by atoms with Gasteiger partial charge in [-0.1, -0.05) is 6.92 Å². The van der Waals surface area contributed by atoms with Gasteiger partial charge in [0, 0.05) is 26.2 Å². The summed E-state index contributed by atoms with van der Waals surface area (Å²) in [5.41, 5.74) is 0. The van der Waals surface area contributed by atoms with Gasteiger partial charge in [-0.3, -0.25) is 4.79 Å². The zero-order chi connectivity index (χ0) is 15.2. The first-order valence-electron chi connectivity index (χ1n) is 7.27. The van der Waals surface area contributed by atoms with Crippen LogP contribution >= 0.6 is 0 Å². The number of hydrogen-bond donors (Lipinski definition) is 1. The summed E-state index contributed by atoms with van der Waals surface area (Å²) >= 11 is 0. The van der Waals surface area contributed by atoms with E-state index in [1.54, 1.807) is 0 Å². The molecule has 0 aliphatic carbocycles. The van der Waals surface area contributed by atoms with Gasteiger partial charge in [-0.05, 0) is 33.4 Å². The summed E-state index contributed by atoms with van der Waals surface area (Å²) in [7, 11) is 0.712. The number of carbonyl (C=O) groups is 1. The lowest BCUT2D eigenvalue weighted by molar-refractivity contribution is -0.126. The van der Waals surface area contributed by atoms with Crippen molar-refractivity contribution in [2.75, 3.05) is 46.0 Å². The average Bonchev–Trinajstić information content (AvgIpc) is 2.38. The highest BCUT2D eigenvalue weighted by atomic mass is 32.2. The monoisotopic (exact) mass is 305 g/mol. The van der Waals surface area contributed by atoms with Crippen molar-refractivity contribution >= 4 is 15.9 Å². The lowest BCUT2D eigenvalue weighted by Crippen LogP contribution is -2.46. The van der Waals surface area contributed by atoms with Crippen molar-refractivity contribution < 1.29 is 13.2 Å². The maximum absolute atomic E-state index is 12.1. The SMILES string of the molecule is CCCS(=O)(=O)N1CCCC(C(=O)NCCN(C)C)C1. The first-order valence-corrected chi connectivity index (χ1v) is 8.88. The fourth-order valence-electron chi connectivity index (χ4n) is 2.34. The van der Waals surface area contributed by atoms with Gasteiger partial charge in [0.2, 0.25) is 15.9 Å². The van der Waals surface area contributed by atoms with Gasteiger partial charge in [-0.2, -0.15) is 0 Å². The number of nitrogens with zero attached hydrogens (tertiary/aromatic N) is 2. The van der Waals surface area contributed by atoms with Gasteiger partial charge in [0.1, 0.15) is 0 Å². The second-order valence-electron chi connectivity index (χ2n) is 5.61. The van der Waals surface area contributed by atoms with Crippen molar-refractivity contribution in [3.05, 3.63) is 0 Å². The number of likely N-dealkylation sites (N-methyl/N-ethyl adjacent to an activating group) is 1. The number of piperidine rings is 1. The number of carbonyl (C=O) groups excluding carboxylic acids is 1. The van der Waals surface area contributed by atoms with E-state index in [1.807, 2.05) is 25.9 Å². The van der Waals surface area contributed by atoms with E-state index >= 15 is 0 Å². The molecule has 0 bridgehead atoms. The van der Waals surface area contributed by atoms with Gasteiger partial charge in [0.05, 0.1) is 11.7 Å². The molecule has 0 radical (unpaired) electrons. The van der Waals surface area contributed by atoms with Crippen LogP contribution in [0.5, 0.6) is 0 Å². The average molecular weight is 305 g/mol. The Morgan fingerprint density at radius 3 is 2.70 bits per heavy atom. The highest BCUT2D eigenvalue weighted by Gasteiger charge is 2.31. The Morgan fingerprint density at radius 1 is 1.40 bits per heavy atom. The minimum Gasteiger partial charge on any atom is -0.355 e. The van der Waals surface area contributed by atoms with Crippen LogP contribution in [0.1, 0.15) is 26.2 Å². The summed E-state index contributed by atoms with van der Waals surface area (Å²) in [5.74, 6) is -0.0668. The molecule has 6 nitrogen and oxygen atoms in total. The molecule has 1 unspecified atom stereocenters. The zero-order valence-electron chi connectivity index (χ0n) is 12.8. The Morgan fingerprint density at radius 2 is 2.10 bits per heavy atom. The van der Waals surface area contributed by atoms with E-state index in [4.69, 9.17) is 0 Å². The smallest absolute Gasteiger partial charge is 0.224 e. The molecule has 20 heavy (non-hydrogen) atoms. The van der Waals surface area contributed by atoms with E-state index in [0.29, 0.717) is 26.1 Å². The third kappa shape index (κ3) is 5.38. The topological polar surface area (TPSA) is 69.7 Å². The number of rotatable bonds is 7. The molecule has 0 aromatic carbocycles. The summed E-state index contributed by atoms with van der Waals surface area (Å²) in [6.07, 6.45) is 2.14. The fourth-order valence-corrected chi connectivity index (χ4v) is 3.93. The molecule has 1 rings (SSSR count). The summed E-state index contributed by atoms with van der Waals surface area (Å²) in [4.78, 5) is 14.1. The van der Waals surface area contributed by atoms with E-state index < -0.39 is 10.0 Å². The quantitative estimate of drug-likeness (QED) is 0.725. The molecule has 0 aromatic heterocycles. The molecule has 1 aliphatic rings. The predicted molar refractivity (Wildman–Crippen MR) is 79.9 cm³/mol. The molecule has 1 atom stereocenters. The second kappa shape index (κ2) is 7.95. The first kappa shape index (κ1) is 17.4. The summed E-state index contributed by atoms with van der Waals surface area (Å²) < 4.78 is 25.6.